The Hall–Kier alpha value is -2.08. The van der Waals surface area contributed by atoms with E-state index in [0.29, 0.717) is 5.56 Å². The smallest absolute Gasteiger partial charge is 0.134 e. The molecule has 1 heterocycles. The molecule has 62 valence electrons. The van der Waals surface area contributed by atoms with Gasteiger partial charge in [0.25, 0.3) is 0 Å². The minimum atomic E-state index is 0.114. The molecule has 0 amide bonds. The number of benzene rings is 1. The highest BCUT2D eigenvalue weighted by atomic mass is 16.3. The third-order valence-corrected chi connectivity index (χ3v) is 1.80. The maximum absolute atomic E-state index is 9.15. The summed E-state index contributed by atoms with van der Waals surface area (Å²) in [7, 11) is 0. The quantitative estimate of drug-likeness (QED) is 0.656. The van der Waals surface area contributed by atoms with Crippen LogP contribution < -0.4 is 0 Å². The Labute approximate surface area is 74.9 Å². The van der Waals surface area contributed by atoms with Gasteiger partial charge in [0, 0.05) is 5.39 Å². The predicted octanol–water partition coefficient (Wildman–Crippen LogP) is 1.81. The molecule has 0 saturated heterocycles. The summed E-state index contributed by atoms with van der Waals surface area (Å²) < 4.78 is 0. The zero-order chi connectivity index (χ0) is 9.26. The van der Waals surface area contributed by atoms with Gasteiger partial charge in [0.15, 0.2) is 0 Å². The fraction of sp³-hybridized carbons (Fsp3) is 0. The largest absolute Gasteiger partial charge is 0.506 e. The van der Waals surface area contributed by atoms with Gasteiger partial charge in [-0.3, -0.25) is 4.98 Å². The highest BCUT2D eigenvalue weighted by Crippen LogP contribution is 2.17. The SMILES string of the molecule is N#Cc1ccc2ncc(O)cc2c1. The van der Waals surface area contributed by atoms with Crippen LogP contribution in [0, 0.1) is 11.3 Å². The van der Waals surface area contributed by atoms with Gasteiger partial charge in [-0.15, -0.1) is 0 Å². The monoisotopic (exact) mass is 170 g/mol. The van der Waals surface area contributed by atoms with Gasteiger partial charge in [0.05, 0.1) is 23.3 Å². The lowest BCUT2D eigenvalue weighted by molar-refractivity contribution is 0.474. The summed E-state index contributed by atoms with van der Waals surface area (Å²) in [6, 6.07) is 8.77. The molecule has 0 unspecified atom stereocenters. The number of fused-ring (bicyclic) bond motifs is 1. The van der Waals surface area contributed by atoms with E-state index in [0.717, 1.165) is 10.9 Å². The van der Waals surface area contributed by atoms with E-state index < -0.39 is 0 Å². The molecular formula is C10H6N2O. The minimum absolute atomic E-state index is 0.114. The van der Waals surface area contributed by atoms with Crippen molar-refractivity contribution in [2.45, 2.75) is 0 Å². The summed E-state index contributed by atoms with van der Waals surface area (Å²) >= 11 is 0. The first-order valence-corrected chi connectivity index (χ1v) is 3.78. The lowest BCUT2D eigenvalue weighted by Gasteiger charge is -1.97. The van der Waals surface area contributed by atoms with Gasteiger partial charge < -0.3 is 5.11 Å². The van der Waals surface area contributed by atoms with Crippen LogP contribution in [0.3, 0.4) is 0 Å². The molecule has 2 aromatic rings. The normalized spacial score (nSPS) is 9.77. The Morgan fingerprint density at radius 2 is 2.15 bits per heavy atom. The first-order chi connectivity index (χ1) is 6.29. The van der Waals surface area contributed by atoms with Crippen LogP contribution in [0.5, 0.6) is 5.75 Å². The van der Waals surface area contributed by atoms with Crippen molar-refractivity contribution in [1.82, 2.24) is 4.98 Å². The van der Waals surface area contributed by atoms with E-state index in [1.165, 1.54) is 6.20 Å². The van der Waals surface area contributed by atoms with Gasteiger partial charge in [0.1, 0.15) is 5.75 Å². The maximum atomic E-state index is 9.15. The Morgan fingerprint density at radius 1 is 1.31 bits per heavy atom. The van der Waals surface area contributed by atoms with Crippen molar-refractivity contribution in [2.75, 3.05) is 0 Å². The number of nitrogens with zero attached hydrogens (tertiary/aromatic N) is 2. The Kier molecular flexibility index (Phi) is 1.60. The third-order valence-electron chi connectivity index (χ3n) is 1.80. The molecule has 0 fully saturated rings. The fourth-order valence-corrected chi connectivity index (χ4v) is 1.19. The van der Waals surface area contributed by atoms with Crippen LogP contribution >= 0.6 is 0 Å². The summed E-state index contributed by atoms with van der Waals surface area (Å²) in [6.45, 7) is 0. The molecular weight excluding hydrogens is 164 g/mol. The van der Waals surface area contributed by atoms with E-state index >= 15 is 0 Å². The summed E-state index contributed by atoms with van der Waals surface area (Å²) in [5.41, 5.74) is 1.34. The molecule has 0 spiro atoms. The van der Waals surface area contributed by atoms with Crippen molar-refractivity contribution < 1.29 is 5.11 Å². The number of rotatable bonds is 0. The zero-order valence-electron chi connectivity index (χ0n) is 6.73. The van der Waals surface area contributed by atoms with Crippen molar-refractivity contribution in [3.05, 3.63) is 36.0 Å². The van der Waals surface area contributed by atoms with Crippen molar-refractivity contribution in [2.24, 2.45) is 0 Å². The Morgan fingerprint density at radius 3 is 2.92 bits per heavy atom. The molecule has 0 saturated carbocycles. The fourth-order valence-electron chi connectivity index (χ4n) is 1.19. The molecule has 0 radical (unpaired) electrons. The lowest BCUT2D eigenvalue weighted by atomic mass is 10.1. The van der Waals surface area contributed by atoms with Crippen molar-refractivity contribution >= 4 is 10.9 Å². The molecule has 0 atom stereocenters. The van der Waals surface area contributed by atoms with E-state index in [9.17, 15) is 0 Å². The van der Waals surface area contributed by atoms with Crippen LogP contribution in [-0.4, -0.2) is 10.1 Å². The molecule has 13 heavy (non-hydrogen) atoms. The van der Waals surface area contributed by atoms with Crippen molar-refractivity contribution in [3.63, 3.8) is 0 Å². The van der Waals surface area contributed by atoms with E-state index in [4.69, 9.17) is 10.4 Å². The number of nitriles is 1. The second-order valence-corrected chi connectivity index (χ2v) is 2.71. The molecule has 0 aliphatic carbocycles. The molecule has 1 aromatic carbocycles. The first-order valence-electron chi connectivity index (χ1n) is 3.78. The summed E-state index contributed by atoms with van der Waals surface area (Å²) in [5, 5.41) is 18.6. The van der Waals surface area contributed by atoms with E-state index in [-0.39, 0.29) is 5.75 Å². The predicted molar refractivity (Wildman–Crippen MR) is 48.1 cm³/mol. The van der Waals surface area contributed by atoms with E-state index in [1.807, 2.05) is 6.07 Å². The second-order valence-electron chi connectivity index (χ2n) is 2.71. The highest BCUT2D eigenvalue weighted by molar-refractivity contribution is 5.80. The standard InChI is InChI=1S/C10H6N2O/c11-5-7-1-2-10-8(3-7)4-9(13)6-12-10/h1-4,6,13H. The number of aromatic nitrogens is 1. The van der Waals surface area contributed by atoms with Crippen LogP contribution in [0.4, 0.5) is 0 Å². The van der Waals surface area contributed by atoms with Crippen LogP contribution in [-0.2, 0) is 0 Å². The zero-order valence-corrected chi connectivity index (χ0v) is 6.73. The van der Waals surface area contributed by atoms with Crippen LogP contribution in [0.25, 0.3) is 10.9 Å². The second kappa shape index (κ2) is 2.76. The summed E-state index contributed by atoms with van der Waals surface area (Å²) in [4.78, 5) is 4.00. The molecule has 1 N–H and O–H groups in total. The Bertz CT molecular complexity index is 500. The van der Waals surface area contributed by atoms with Gasteiger partial charge in [-0.2, -0.15) is 5.26 Å². The number of pyridine rings is 1. The van der Waals surface area contributed by atoms with Crippen molar-refractivity contribution in [1.29, 1.82) is 5.26 Å². The van der Waals surface area contributed by atoms with Crippen LogP contribution in [0.15, 0.2) is 30.5 Å². The molecule has 1 aromatic heterocycles. The number of hydrogen-bond acceptors (Lipinski definition) is 3. The molecule has 0 bridgehead atoms. The topological polar surface area (TPSA) is 56.9 Å². The van der Waals surface area contributed by atoms with E-state index in [1.54, 1.807) is 24.3 Å². The average molecular weight is 170 g/mol. The maximum Gasteiger partial charge on any atom is 0.134 e. The van der Waals surface area contributed by atoms with Crippen molar-refractivity contribution in [3.8, 4) is 11.8 Å². The average Bonchev–Trinajstić information content (AvgIpc) is 2.16. The molecule has 0 aliphatic heterocycles. The summed E-state index contributed by atoms with van der Waals surface area (Å²) in [5.74, 6) is 0.114. The Balaban J connectivity index is 2.77. The molecule has 3 nitrogen and oxygen atoms in total. The number of aromatic hydroxyl groups is 1. The highest BCUT2D eigenvalue weighted by Gasteiger charge is 1.97. The summed E-state index contributed by atoms with van der Waals surface area (Å²) in [6.07, 6.45) is 1.38. The molecule has 2 rings (SSSR count). The van der Waals surface area contributed by atoms with Crippen LogP contribution in [0.1, 0.15) is 5.56 Å². The number of hydrogen-bond donors (Lipinski definition) is 1. The first kappa shape index (κ1) is 7.56. The van der Waals surface area contributed by atoms with Gasteiger partial charge >= 0.3 is 0 Å². The molecule has 3 heteroatoms. The van der Waals surface area contributed by atoms with Gasteiger partial charge in [-0.1, -0.05) is 0 Å². The van der Waals surface area contributed by atoms with Gasteiger partial charge in [0.2, 0.25) is 0 Å². The molecule has 0 aliphatic rings. The lowest BCUT2D eigenvalue weighted by Crippen LogP contribution is -1.79. The minimum Gasteiger partial charge on any atom is -0.506 e. The third kappa shape index (κ3) is 1.30. The van der Waals surface area contributed by atoms with Gasteiger partial charge in [-0.05, 0) is 24.3 Å². The van der Waals surface area contributed by atoms with E-state index in [2.05, 4.69) is 4.98 Å². The van der Waals surface area contributed by atoms with Gasteiger partial charge in [-0.25, -0.2) is 0 Å². The van der Waals surface area contributed by atoms with Crippen LogP contribution in [0.2, 0.25) is 0 Å².